The Hall–Kier alpha value is -2.07. The van der Waals surface area contributed by atoms with E-state index in [-0.39, 0.29) is 22.2 Å². The third-order valence-electron chi connectivity index (χ3n) is 1.99. The van der Waals surface area contributed by atoms with Crippen molar-refractivity contribution in [2.75, 3.05) is 0 Å². The number of halogens is 1. The summed E-state index contributed by atoms with van der Waals surface area (Å²) in [7, 11) is 0. The summed E-state index contributed by atoms with van der Waals surface area (Å²) in [5.41, 5.74) is 0.191. The van der Waals surface area contributed by atoms with Gasteiger partial charge >= 0.3 is 5.97 Å². The molecule has 0 radical (unpaired) electrons. The van der Waals surface area contributed by atoms with E-state index >= 15 is 0 Å². The van der Waals surface area contributed by atoms with Crippen molar-refractivity contribution in [3.8, 4) is 11.5 Å². The highest BCUT2D eigenvalue weighted by Gasteiger charge is 2.11. The minimum atomic E-state index is -0.599. The lowest BCUT2D eigenvalue weighted by molar-refractivity contribution is 0.0728. The highest BCUT2D eigenvalue weighted by atomic mass is 35.5. The normalized spacial score (nSPS) is 9.94. The van der Waals surface area contributed by atoms with Gasteiger partial charge in [-0.25, -0.2) is 9.78 Å². The quantitative estimate of drug-likeness (QED) is 0.657. The number of nitrogens with zero attached hydrogens (tertiary/aromatic N) is 1. The second kappa shape index (κ2) is 4.84. The summed E-state index contributed by atoms with van der Waals surface area (Å²) in [6, 6.07) is 9.01. The zero-order valence-corrected chi connectivity index (χ0v) is 9.39. The average Bonchev–Trinajstić information content (AvgIpc) is 2.34. The van der Waals surface area contributed by atoms with Crippen LogP contribution in [0.5, 0.6) is 11.5 Å². The Bertz CT molecular complexity index is 543. The van der Waals surface area contributed by atoms with Crippen molar-refractivity contribution in [2.24, 2.45) is 0 Å². The Morgan fingerprint density at radius 2 is 2.12 bits per heavy atom. The van der Waals surface area contributed by atoms with Gasteiger partial charge in [-0.2, -0.15) is 0 Å². The van der Waals surface area contributed by atoms with E-state index in [2.05, 4.69) is 4.98 Å². The van der Waals surface area contributed by atoms with Crippen LogP contribution in [0.15, 0.2) is 42.6 Å². The van der Waals surface area contributed by atoms with E-state index in [1.807, 2.05) is 0 Å². The van der Waals surface area contributed by atoms with Gasteiger partial charge in [-0.15, -0.1) is 0 Å². The molecule has 0 amide bonds. The van der Waals surface area contributed by atoms with E-state index < -0.39 is 5.97 Å². The van der Waals surface area contributed by atoms with Crippen LogP contribution >= 0.6 is 11.6 Å². The zero-order chi connectivity index (χ0) is 12.3. The van der Waals surface area contributed by atoms with E-state index in [4.69, 9.17) is 21.4 Å². The molecule has 0 unspecified atom stereocenters. The van der Waals surface area contributed by atoms with E-state index in [1.54, 1.807) is 12.1 Å². The van der Waals surface area contributed by atoms with Gasteiger partial charge in [-0.1, -0.05) is 17.7 Å². The first-order chi connectivity index (χ1) is 8.16. The summed E-state index contributed by atoms with van der Waals surface area (Å²) in [6.07, 6.45) is 1.50. The van der Waals surface area contributed by atoms with Gasteiger partial charge in [0.25, 0.3) is 0 Å². The smallest absolute Gasteiger partial charge is 0.362 e. The number of phenolic OH excluding ortho intramolecular Hbond substituents is 1. The van der Waals surface area contributed by atoms with Crippen molar-refractivity contribution in [3.63, 3.8) is 0 Å². The average molecular weight is 250 g/mol. The van der Waals surface area contributed by atoms with E-state index in [0.717, 1.165) is 0 Å². The number of pyridine rings is 1. The first-order valence-corrected chi connectivity index (χ1v) is 5.16. The van der Waals surface area contributed by atoms with E-state index in [0.29, 0.717) is 0 Å². The fraction of sp³-hybridized carbons (Fsp3) is 0. The molecule has 0 aliphatic heterocycles. The van der Waals surface area contributed by atoms with Crippen molar-refractivity contribution in [1.82, 2.24) is 4.98 Å². The largest absolute Gasteiger partial charge is 0.508 e. The number of hydrogen-bond donors (Lipinski definition) is 1. The fourth-order valence-electron chi connectivity index (χ4n) is 1.21. The van der Waals surface area contributed by atoms with Gasteiger partial charge in [-0.05, 0) is 24.3 Å². The highest BCUT2D eigenvalue weighted by molar-refractivity contribution is 6.32. The van der Waals surface area contributed by atoms with Gasteiger partial charge < -0.3 is 9.84 Å². The molecule has 86 valence electrons. The summed E-state index contributed by atoms with van der Waals surface area (Å²) in [6.45, 7) is 0. The summed E-state index contributed by atoms with van der Waals surface area (Å²) < 4.78 is 5.04. The molecule has 0 aliphatic rings. The number of carbonyl (C=O) groups excluding carboxylic acids is 1. The van der Waals surface area contributed by atoms with Crippen molar-refractivity contribution >= 4 is 17.6 Å². The summed E-state index contributed by atoms with van der Waals surface area (Å²) in [4.78, 5) is 15.5. The van der Waals surface area contributed by atoms with Crippen LogP contribution in [0, 0.1) is 0 Å². The number of benzene rings is 1. The van der Waals surface area contributed by atoms with Gasteiger partial charge in [0, 0.05) is 12.3 Å². The molecule has 1 heterocycles. The molecule has 0 bridgehead atoms. The fourth-order valence-corrected chi connectivity index (χ4v) is 1.42. The summed E-state index contributed by atoms with van der Waals surface area (Å²) in [5.74, 6) is -0.411. The van der Waals surface area contributed by atoms with Gasteiger partial charge in [0.1, 0.15) is 17.2 Å². The Labute approximate surface area is 102 Å². The van der Waals surface area contributed by atoms with Crippen molar-refractivity contribution in [3.05, 3.63) is 53.3 Å². The molecule has 0 atom stereocenters. The lowest BCUT2D eigenvalue weighted by Crippen LogP contribution is -2.10. The topological polar surface area (TPSA) is 59.4 Å². The lowest BCUT2D eigenvalue weighted by atomic mass is 10.3. The number of carbonyl (C=O) groups is 1. The molecule has 2 rings (SSSR count). The van der Waals surface area contributed by atoms with Gasteiger partial charge in [0.2, 0.25) is 0 Å². The highest BCUT2D eigenvalue weighted by Crippen LogP contribution is 2.28. The number of aromatic hydroxyl groups is 1. The Balaban J connectivity index is 2.19. The minimum absolute atomic E-state index is 0.00707. The molecule has 0 saturated heterocycles. The maximum absolute atomic E-state index is 11.6. The van der Waals surface area contributed by atoms with Crippen molar-refractivity contribution < 1.29 is 14.6 Å². The Morgan fingerprint density at radius 1 is 1.29 bits per heavy atom. The van der Waals surface area contributed by atoms with Crippen LogP contribution in [0.2, 0.25) is 5.02 Å². The van der Waals surface area contributed by atoms with Crippen LogP contribution < -0.4 is 4.74 Å². The van der Waals surface area contributed by atoms with Crippen LogP contribution in [-0.2, 0) is 0 Å². The van der Waals surface area contributed by atoms with Gasteiger partial charge in [0.15, 0.2) is 0 Å². The van der Waals surface area contributed by atoms with Crippen LogP contribution in [0.3, 0.4) is 0 Å². The molecule has 1 aromatic heterocycles. The zero-order valence-electron chi connectivity index (χ0n) is 8.63. The molecular formula is C12H8ClNO3. The number of rotatable bonds is 2. The number of esters is 1. The lowest BCUT2D eigenvalue weighted by Gasteiger charge is -2.05. The van der Waals surface area contributed by atoms with Crippen LogP contribution in [-0.4, -0.2) is 16.1 Å². The second-order valence-corrected chi connectivity index (χ2v) is 3.63. The van der Waals surface area contributed by atoms with Crippen LogP contribution in [0.4, 0.5) is 0 Å². The Morgan fingerprint density at radius 3 is 2.76 bits per heavy atom. The molecule has 0 aliphatic carbocycles. The predicted octanol–water partition coefficient (Wildman–Crippen LogP) is 2.66. The maximum atomic E-state index is 11.6. The predicted molar refractivity (Wildman–Crippen MR) is 62.3 cm³/mol. The molecule has 0 spiro atoms. The van der Waals surface area contributed by atoms with Gasteiger partial charge in [-0.3, -0.25) is 0 Å². The summed E-state index contributed by atoms with van der Waals surface area (Å²) >= 11 is 5.80. The van der Waals surface area contributed by atoms with Crippen molar-refractivity contribution in [2.45, 2.75) is 0 Å². The molecule has 2 aromatic rings. The standard InChI is InChI=1S/C12H8ClNO3/c13-9-7-8(15)4-5-11(9)17-12(16)10-3-1-2-6-14-10/h1-7,15H. The van der Waals surface area contributed by atoms with Crippen molar-refractivity contribution in [1.29, 1.82) is 0 Å². The molecule has 0 fully saturated rings. The number of phenols is 1. The molecule has 1 aromatic carbocycles. The third-order valence-corrected chi connectivity index (χ3v) is 2.29. The van der Waals surface area contributed by atoms with Crippen LogP contribution in [0.1, 0.15) is 10.5 Å². The number of hydrogen-bond acceptors (Lipinski definition) is 4. The molecular weight excluding hydrogens is 242 g/mol. The first-order valence-electron chi connectivity index (χ1n) is 4.78. The number of aromatic nitrogens is 1. The van der Waals surface area contributed by atoms with Crippen LogP contribution in [0.25, 0.3) is 0 Å². The second-order valence-electron chi connectivity index (χ2n) is 3.22. The first kappa shape index (κ1) is 11.4. The van der Waals surface area contributed by atoms with E-state index in [1.165, 1.54) is 30.5 Å². The van der Waals surface area contributed by atoms with E-state index in [9.17, 15) is 4.79 Å². The molecule has 17 heavy (non-hydrogen) atoms. The molecule has 4 nitrogen and oxygen atoms in total. The number of ether oxygens (including phenoxy) is 1. The molecule has 0 saturated carbocycles. The monoisotopic (exact) mass is 249 g/mol. The molecule has 1 N–H and O–H groups in total. The van der Waals surface area contributed by atoms with Gasteiger partial charge in [0.05, 0.1) is 5.02 Å². The summed E-state index contributed by atoms with van der Waals surface area (Å²) in [5, 5.41) is 9.31. The third kappa shape index (κ3) is 2.73. The Kier molecular flexibility index (Phi) is 3.25. The molecule has 5 heteroatoms. The maximum Gasteiger partial charge on any atom is 0.362 e. The SMILES string of the molecule is O=C(Oc1ccc(O)cc1Cl)c1ccccn1. The minimum Gasteiger partial charge on any atom is -0.508 e.